The maximum absolute atomic E-state index is 4.85. The van der Waals surface area contributed by atoms with Crippen molar-refractivity contribution < 1.29 is 0 Å². The number of aliphatic imine (C=N–C) groups is 1. The molecular weight excluding hydrogens is 475 g/mol. The molecule has 0 aliphatic carbocycles. The fourth-order valence-corrected chi connectivity index (χ4v) is 3.61. The Hall–Kier alpha value is -1.61. The third kappa shape index (κ3) is 6.99. The van der Waals surface area contributed by atoms with Gasteiger partial charge in [0.2, 0.25) is 0 Å². The summed E-state index contributed by atoms with van der Waals surface area (Å²) in [6, 6.07) is 10.4. The normalized spacial score (nSPS) is 15.1. The highest BCUT2D eigenvalue weighted by molar-refractivity contribution is 14.0. The molecule has 2 N–H and O–H groups in total. The first-order chi connectivity index (χ1) is 13.7. The topological polar surface area (TPSA) is 55.8 Å². The van der Waals surface area contributed by atoms with Crippen LogP contribution in [0.3, 0.4) is 0 Å². The lowest BCUT2D eigenvalue weighted by atomic mass is 10.1. The Bertz CT molecular complexity index is 786. The molecule has 0 saturated carbocycles. The second-order valence-electron chi connectivity index (χ2n) is 7.58. The number of para-hydroxylation sites is 1. The van der Waals surface area contributed by atoms with E-state index >= 15 is 0 Å². The average molecular weight is 510 g/mol. The van der Waals surface area contributed by atoms with Gasteiger partial charge in [0.1, 0.15) is 5.82 Å². The van der Waals surface area contributed by atoms with Gasteiger partial charge in [-0.25, -0.2) is 9.98 Å². The molecule has 0 unspecified atom stereocenters. The largest absolute Gasteiger partial charge is 0.363 e. The van der Waals surface area contributed by atoms with Crippen LogP contribution in [0, 0.1) is 0 Å². The number of benzene rings is 1. The van der Waals surface area contributed by atoms with Gasteiger partial charge in [-0.2, -0.15) is 0 Å². The molecule has 0 radical (unpaired) electrons. The van der Waals surface area contributed by atoms with Gasteiger partial charge >= 0.3 is 0 Å². The van der Waals surface area contributed by atoms with Crippen LogP contribution in [0.1, 0.15) is 31.7 Å². The van der Waals surface area contributed by atoms with E-state index in [1.807, 2.05) is 25.1 Å². The quantitative estimate of drug-likeness (QED) is 0.340. The number of nitrogens with one attached hydrogen (secondary N) is 2. The first-order valence-electron chi connectivity index (χ1n) is 10.5. The predicted octanol–water partition coefficient (Wildman–Crippen LogP) is 3.46. The van der Waals surface area contributed by atoms with Crippen molar-refractivity contribution in [3.8, 4) is 0 Å². The van der Waals surface area contributed by atoms with Crippen molar-refractivity contribution in [1.29, 1.82) is 0 Å². The number of rotatable bonds is 7. The highest BCUT2D eigenvalue weighted by Crippen LogP contribution is 2.22. The molecule has 1 saturated heterocycles. The van der Waals surface area contributed by atoms with Gasteiger partial charge in [-0.15, -0.1) is 24.0 Å². The summed E-state index contributed by atoms with van der Waals surface area (Å²) in [4.78, 5) is 14.2. The molecule has 1 aliphatic heterocycles. The molecule has 1 aromatic heterocycles. The number of aromatic nitrogens is 1. The Morgan fingerprint density at radius 1 is 1.14 bits per heavy atom. The lowest BCUT2D eigenvalue weighted by Gasteiger charge is -2.26. The minimum absolute atomic E-state index is 0. The van der Waals surface area contributed by atoms with Crippen LogP contribution in [-0.4, -0.2) is 62.7 Å². The summed E-state index contributed by atoms with van der Waals surface area (Å²) in [5.74, 6) is 1.85. The summed E-state index contributed by atoms with van der Waals surface area (Å²) >= 11 is 0. The van der Waals surface area contributed by atoms with E-state index in [0.717, 1.165) is 36.9 Å². The summed E-state index contributed by atoms with van der Waals surface area (Å²) in [6.45, 7) is 8.04. The predicted molar refractivity (Wildman–Crippen MR) is 135 cm³/mol. The van der Waals surface area contributed by atoms with E-state index in [-0.39, 0.29) is 24.0 Å². The van der Waals surface area contributed by atoms with Gasteiger partial charge in [0.05, 0.1) is 12.1 Å². The Kier molecular flexibility index (Phi) is 9.93. The van der Waals surface area contributed by atoms with E-state index in [0.29, 0.717) is 6.54 Å². The number of hydrogen-bond donors (Lipinski definition) is 2. The van der Waals surface area contributed by atoms with Crippen LogP contribution in [0.5, 0.6) is 0 Å². The third-order valence-electron chi connectivity index (χ3n) is 5.17. The Morgan fingerprint density at radius 3 is 2.62 bits per heavy atom. The molecule has 3 rings (SSSR count). The third-order valence-corrected chi connectivity index (χ3v) is 5.17. The fourth-order valence-electron chi connectivity index (χ4n) is 3.61. The van der Waals surface area contributed by atoms with Crippen LogP contribution >= 0.6 is 24.0 Å². The molecule has 2 aromatic rings. The Balaban J connectivity index is 0.00000300. The summed E-state index contributed by atoms with van der Waals surface area (Å²) in [7, 11) is 4.05. The van der Waals surface area contributed by atoms with Crippen molar-refractivity contribution in [2.75, 3.05) is 51.7 Å². The van der Waals surface area contributed by atoms with Crippen LogP contribution in [0.4, 0.5) is 5.82 Å². The van der Waals surface area contributed by atoms with Crippen LogP contribution in [0.25, 0.3) is 10.9 Å². The zero-order valence-electron chi connectivity index (χ0n) is 17.9. The number of hydrogen-bond acceptors (Lipinski definition) is 4. The number of guanidine groups is 1. The van der Waals surface area contributed by atoms with Crippen molar-refractivity contribution in [3.63, 3.8) is 0 Å². The summed E-state index contributed by atoms with van der Waals surface area (Å²) in [5.41, 5.74) is 2.21. The highest BCUT2D eigenvalue weighted by Gasteiger charge is 2.10. The van der Waals surface area contributed by atoms with Crippen LogP contribution in [0.15, 0.2) is 35.3 Å². The van der Waals surface area contributed by atoms with Gasteiger partial charge in [0.15, 0.2) is 5.96 Å². The maximum Gasteiger partial charge on any atom is 0.191 e. The zero-order valence-corrected chi connectivity index (χ0v) is 20.3. The van der Waals surface area contributed by atoms with Gasteiger partial charge in [0.25, 0.3) is 0 Å². The zero-order chi connectivity index (χ0) is 19.8. The van der Waals surface area contributed by atoms with Crippen molar-refractivity contribution in [2.45, 2.75) is 32.7 Å². The fraction of sp³-hybridized carbons (Fsp3) is 0.545. The molecule has 1 aromatic carbocycles. The van der Waals surface area contributed by atoms with Crippen molar-refractivity contribution >= 4 is 46.7 Å². The van der Waals surface area contributed by atoms with E-state index in [2.05, 4.69) is 46.7 Å². The SMILES string of the molecule is CCNC(=NCc1cc(N(C)C)nc2ccccc12)NCCN1CCCCC1.I. The van der Waals surface area contributed by atoms with Gasteiger partial charge in [-0.3, -0.25) is 0 Å². The highest BCUT2D eigenvalue weighted by atomic mass is 127. The molecule has 0 atom stereocenters. The molecule has 0 bridgehead atoms. The number of piperidine rings is 1. The molecule has 6 nitrogen and oxygen atoms in total. The van der Waals surface area contributed by atoms with E-state index in [4.69, 9.17) is 9.98 Å². The summed E-state index contributed by atoms with van der Waals surface area (Å²) in [5, 5.41) is 8.03. The number of anilines is 1. The van der Waals surface area contributed by atoms with Crippen molar-refractivity contribution in [2.24, 2.45) is 4.99 Å². The number of halogens is 1. The van der Waals surface area contributed by atoms with Crippen LogP contribution in [-0.2, 0) is 6.54 Å². The van der Waals surface area contributed by atoms with Gasteiger partial charge < -0.3 is 20.4 Å². The number of pyridine rings is 1. The van der Waals surface area contributed by atoms with Gasteiger partial charge in [0, 0.05) is 39.1 Å². The van der Waals surface area contributed by atoms with E-state index in [1.165, 1.54) is 43.3 Å². The van der Waals surface area contributed by atoms with Crippen molar-refractivity contribution in [1.82, 2.24) is 20.5 Å². The molecule has 29 heavy (non-hydrogen) atoms. The molecule has 1 fully saturated rings. The minimum atomic E-state index is 0. The lowest BCUT2D eigenvalue weighted by molar-refractivity contribution is 0.232. The summed E-state index contributed by atoms with van der Waals surface area (Å²) in [6.07, 6.45) is 4.04. The average Bonchev–Trinajstić information content (AvgIpc) is 2.72. The number of likely N-dealkylation sites (tertiary alicyclic amines) is 1. The number of fused-ring (bicyclic) bond motifs is 1. The second kappa shape index (κ2) is 12.2. The lowest BCUT2D eigenvalue weighted by Crippen LogP contribution is -2.42. The van der Waals surface area contributed by atoms with Gasteiger partial charge in [-0.05, 0) is 50.6 Å². The summed E-state index contributed by atoms with van der Waals surface area (Å²) < 4.78 is 0. The molecular formula is C22H35IN6. The van der Waals surface area contributed by atoms with E-state index < -0.39 is 0 Å². The molecule has 1 aliphatic rings. The monoisotopic (exact) mass is 510 g/mol. The first-order valence-corrected chi connectivity index (χ1v) is 10.5. The smallest absolute Gasteiger partial charge is 0.191 e. The second-order valence-corrected chi connectivity index (χ2v) is 7.58. The van der Waals surface area contributed by atoms with Gasteiger partial charge in [-0.1, -0.05) is 24.6 Å². The van der Waals surface area contributed by atoms with E-state index in [1.54, 1.807) is 0 Å². The maximum atomic E-state index is 4.85. The molecule has 0 amide bonds. The Morgan fingerprint density at radius 2 is 1.90 bits per heavy atom. The van der Waals surface area contributed by atoms with Crippen LogP contribution < -0.4 is 15.5 Å². The standard InChI is InChI=1S/C22H34N6.HI/c1-4-23-22(24-12-15-28-13-8-5-9-14-28)25-17-18-16-21(27(2)3)26-20-11-7-6-10-19(18)20;/h6-7,10-11,16H,4-5,8-9,12-15,17H2,1-3H3,(H2,23,24,25);1H. The molecule has 0 spiro atoms. The molecule has 7 heteroatoms. The number of nitrogens with zero attached hydrogens (tertiary/aromatic N) is 4. The Labute approximate surface area is 192 Å². The van der Waals surface area contributed by atoms with Crippen molar-refractivity contribution in [3.05, 3.63) is 35.9 Å². The van der Waals surface area contributed by atoms with Crippen LogP contribution in [0.2, 0.25) is 0 Å². The molecule has 160 valence electrons. The molecule has 2 heterocycles. The first kappa shape index (κ1) is 23.7. The minimum Gasteiger partial charge on any atom is -0.363 e. The van der Waals surface area contributed by atoms with E-state index in [9.17, 15) is 0 Å².